The second-order valence-corrected chi connectivity index (χ2v) is 4.07. The van der Waals surface area contributed by atoms with E-state index in [1.54, 1.807) is 18.2 Å². The van der Waals surface area contributed by atoms with E-state index in [0.717, 1.165) is 12.3 Å². The molecule has 1 aromatic carbocycles. The van der Waals surface area contributed by atoms with Gasteiger partial charge in [0.25, 0.3) is 0 Å². The minimum atomic E-state index is -4.54. The highest BCUT2D eigenvalue weighted by Crippen LogP contribution is 2.29. The Morgan fingerprint density at radius 1 is 1.10 bits per heavy atom. The van der Waals surface area contributed by atoms with Crippen LogP contribution < -0.4 is 5.69 Å². The lowest BCUT2D eigenvalue weighted by molar-refractivity contribution is -0.141. The average molecular weight is 280 g/mol. The van der Waals surface area contributed by atoms with Gasteiger partial charge in [-0.1, -0.05) is 6.07 Å². The molecule has 0 aliphatic rings. The number of hydrogen-bond donors (Lipinski definition) is 2. The molecule has 2 N–H and O–H groups in total. The summed E-state index contributed by atoms with van der Waals surface area (Å²) in [6, 6.07) is 5.57. The lowest BCUT2D eigenvalue weighted by atomic mass is 10.1. The molecular weight excluding hydrogens is 273 g/mol. The Morgan fingerprint density at radius 3 is 2.65 bits per heavy atom. The van der Waals surface area contributed by atoms with Crippen molar-refractivity contribution in [1.82, 2.24) is 19.9 Å². The molecule has 0 atom stereocenters. The molecule has 0 unspecified atom stereocenters. The second-order valence-electron chi connectivity index (χ2n) is 4.07. The zero-order valence-electron chi connectivity index (χ0n) is 9.82. The third kappa shape index (κ3) is 2.04. The molecule has 0 radical (unpaired) electrons. The number of benzene rings is 1. The van der Waals surface area contributed by atoms with Gasteiger partial charge < -0.3 is 9.97 Å². The molecule has 3 aromatic rings. The van der Waals surface area contributed by atoms with Crippen LogP contribution in [0.4, 0.5) is 13.2 Å². The van der Waals surface area contributed by atoms with Crippen molar-refractivity contribution >= 4 is 11.0 Å². The Balaban J connectivity index is 2.23. The summed E-state index contributed by atoms with van der Waals surface area (Å²) in [6.07, 6.45) is -3.51. The first kappa shape index (κ1) is 12.4. The predicted octanol–water partition coefficient (Wildman–Crippen LogP) is 2.33. The summed E-state index contributed by atoms with van der Waals surface area (Å²) in [7, 11) is 0. The van der Waals surface area contributed by atoms with Crippen LogP contribution in [0, 0.1) is 0 Å². The van der Waals surface area contributed by atoms with E-state index in [9.17, 15) is 18.0 Å². The number of nitrogens with one attached hydrogen (secondary N) is 2. The van der Waals surface area contributed by atoms with Gasteiger partial charge in [-0.15, -0.1) is 0 Å². The van der Waals surface area contributed by atoms with Crippen molar-refractivity contribution in [3.05, 3.63) is 46.6 Å². The van der Waals surface area contributed by atoms with E-state index in [4.69, 9.17) is 0 Å². The van der Waals surface area contributed by atoms with Gasteiger partial charge in [-0.3, -0.25) is 0 Å². The van der Waals surface area contributed by atoms with Gasteiger partial charge >= 0.3 is 11.9 Å². The molecule has 0 aliphatic carbocycles. The molecule has 0 spiro atoms. The zero-order chi connectivity index (χ0) is 14.3. The fraction of sp³-hybridized carbons (Fsp3) is 0.0833. The molecule has 8 heteroatoms. The Kier molecular flexibility index (Phi) is 2.60. The molecule has 0 aliphatic heterocycles. The highest BCUT2D eigenvalue weighted by atomic mass is 19.4. The number of hydrogen-bond acceptors (Lipinski definition) is 3. The van der Waals surface area contributed by atoms with Crippen molar-refractivity contribution < 1.29 is 13.2 Å². The largest absolute Gasteiger partial charge is 0.433 e. The summed E-state index contributed by atoms with van der Waals surface area (Å²) in [6.45, 7) is 0. The molecule has 5 nitrogen and oxygen atoms in total. The number of aromatic nitrogens is 4. The molecule has 0 bridgehead atoms. The second kappa shape index (κ2) is 4.19. The minimum Gasteiger partial charge on any atom is -0.306 e. The molecule has 2 aromatic heterocycles. The van der Waals surface area contributed by atoms with Crippen molar-refractivity contribution in [2.45, 2.75) is 6.18 Å². The fourth-order valence-corrected chi connectivity index (χ4v) is 1.89. The van der Waals surface area contributed by atoms with Crippen molar-refractivity contribution in [2.75, 3.05) is 0 Å². The molecule has 0 amide bonds. The summed E-state index contributed by atoms with van der Waals surface area (Å²) in [5, 5.41) is 0. The molecule has 0 saturated carbocycles. The van der Waals surface area contributed by atoms with Crippen LogP contribution in [0.3, 0.4) is 0 Å². The molecule has 0 saturated heterocycles. The maximum atomic E-state index is 12.6. The molecule has 102 valence electrons. The van der Waals surface area contributed by atoms with E-state index >= 15 is 0 Å². The van der Waals surface area contributed by atoms with E-state index in [1.165, 1.54) is 0 Å². The van der Waals surface area contributed by atoms with Crippen LogP contribution in [0.5, 0.6) is 0 Å². The number of para-hydroxylation sites is 1. The van der Waals surface area contributed by atoms with Gasteiger partial charge in [0.15, 0.2) is 5.82 Å². The maximum Gasteiger partial charge on any atom is 0.433 e. The third-order valence-electron chi connectivity index (χ3n) is 2.74. The lowest BCUT2D eigenvalue weighted by Crippen LogP contribution is -2.09. The lowest BCUT2D eigenvalue weighted by Gasteiger charge is -2.07. The number of rotatable bonds is 1. The van der Waals surface area contributed by atoms with Gasteiger partial charge in [0.05, 0.1) is 11.0 Å². The minimum absolute atomic E-state index is 0.0966. The molecule has 0 fully saturated rings. The van der Waals surface area contributed by atoms with Crippen LogP contribution in [0.25, 0.3) is 22.4 Å². The number of alkyl halides is 3. The normalized spacial score (nSPS) is 11.9. The van der Waals surface area contributed by atoms with Gasteiger partial charge in [-0.05, 0) is 18.2 Å². The first-order valence-corrected chi connectivity index (χ1v) is 5.57. The topological polar surface area (TPSA) is 74.4 Å². The quantitative estimate of drug-likeness (QED) is 0.718. The summed E-state index contributed by atoms with van der Waals surface area (Å²) in [4.78, 5) is 23.6. The number of imidazole rings is 1. The predicted molar refractivity (Wildman–Crippen MR) is 64.9 cm³/mol. The van der Waals surface area contributed by atoms with Crippen LogP contribution in [-0.2, 0) is 6.18 Å². The first-order valence-electron chi connectivity index (χ1n) is 5.57. The fourth-order valence-electron chi connectivity index (χ4n) is 1.89. The smallest absolute Gasteiger partial charge is 0.306 e. The van der Waals surface area contributed by atoms with Crippen LogP contribution in [-0.4, -0.2) is 19.9 Å². The van der Waals surface area contributed by atoms with Gasteiger partial charge in [-0.25, -0.2) is 14.8 Å². The van der Waals surface area contributed by atoms with E-state index in [-0.39, 0.29) is 5.82 Å². The summed E-state index contributed by atoms with van der Waals surface area (Å²) < 4.78 is 37.9. The van der Waals surface area contributed by atoms with Gasteiger partial charge in [-0.2, -0.15) is 13.2 Å². The standard InChI is InChI=1S/C12H7F3N4O/c13-12(14,15)8-4-5-16-10(18-8)6-2-1-3-7-9(6)19-11(20)17-7/h1-5H,(H2,17,19,20). The Hall–Kier alpha value is -2.64. The SMILES string of the molecule is O=c1[nH]c2cccc(-c3nccc(C(F)(F)F)n3)c2[nH]1. The maximum absolute atomic E-state index is 12.6. The van der Waals surface area contributed by atoms with Crippen molar-refractivity contribution in [3.8, 4) is 11.4 Å². The number of H-pyrrole nitrogens is 2. The Morgan fingerprint density at radius 2 is 1.90 bits per heavy atom. The van der Waals surface area contributed by atoms with E-state index < -0.39 is 17.6 Å². The van der Waals surface area contributed by atoms with Gasteiger partial charge in [0, 0.05) is 11.8 Å². The molecular formula is C12H7F3N4O. The third-order valence-corrected chi connectivity index (χ3v) is 2.74. The van der Waals surface area contributed by atoms with Crippen LogP contribution in [0.1, 0.15) is 5.69 Å². The van der Waals surface area contributed by atoms with Crippen molar-refractivity contribution in [3.63, 3.8) is 0 Å². The summed E-state index contributed by atoms with van der Waals surface area (Å²) in [5.74, 6) is -0.0966. The monoisotopic (exact) mass is 280 g/mol. The molecule has 2 heterocycles. The highest BCUT2D eigenvalue weighted by Gasteiger charge is 2.33. The zero-order valence-corrected chi connectivity index (χ0v) is 9.82. The molecule has 20 heavy (non-hydrogen) atoms. The number of aromatic amines is 2. The number of fused-ring (bicyclic) bond motifs is 1. The average Bonchev–Trinajstić information content (AvgIpc) is 2.77. The van der Waals surface area contributed by atoms with Crippen LogP contribution >= 0.6 is 0 Å². The summed E-state index contributed by atoms with van der Waals surface area (Å²) in [5.41, 5.74) is -0.297. The first-order chi connectivity index (χ1) is 9.45. The highest BCUT2D eigenvalue weighted by molar-refractivity contribution is 5.89. The van der Waals surface area contributed by atoms with E-state index in [0.29, 0.717) is 16.6 Å². The van der Waals surface area contributed by atoms with Crippen molar-refractivity contribution in [1.29, 1.82) is 0 Å². The van der Waals surface area contributed by atoms with E-state index in [1.807, 2.05) is 0 Å². The van der Waals surface area contributed by atoms with Crippen LogP contribution in [0.2, 0.25) is 0 Å². The van der Waals surface area contributed by atoms with Crippen molar-refractivity contribution in [2.24, 2.45) is 0 Å². The number of halogens is 3. The van der Waals surface area contributed by atoms with Gasteiger partial charge in [0.2, 0.25) is 0 Å². The number of nitrogens with zero attached hydrogens (tertiary/aromatic N) is 2. The van der Waals surface area contributed by atoms with E-state index in [2.05, 4.69) is 19.9 Å². The Labute approximate surface area is 109 Å². The summed E-state index contributed by atoms with van der Waals surface area (Å²) >= 11 is 0. The van der Waals surface area contributed by atoms with Gasteiger partial charge in [0.1, 0.15) is 5.69 Å². The molecule has 3 rings (SSSR count). The van der Waals surface area contributed by atoms with Crippen LogP contribution in [0.15, 0.2) is 35.3 Å². The Bertz CT molecular complexity index is 834.